The predicted molar refractivity (Wildman–Crippen MR) is 94.8 cm³/mol. The van der Waals surface area contributed by atoms with Crippen LogP contribution in [0, 0.1) is 13.8 Å². The Morgan fingerprint density at radius 3 is 2.68 bits per heavy atom. The Labute approximate surface area is 135 Å². The third-order valence-corrected chi connectivity index (χ3v) is 4.94. The van der Waals surface area contributed by atoms with Crippen LogP contribution in [0.2, 0.25) is 0 Å². The zero-order valence-electron chi connectivity index (χ0n) is 13.7. The summed E-state index contributed by atoms with van der Waals surface area (Å²) in [5.74, 6) is 0.478. The van der Waals surface area contributed by atoms with Gasteiger partial charge in [0, 0.05) is 23.1 Å². The van der Waals surface area contributed by atoms with Crippen LogP contribution in [0.1, 0.15) is 42.3 Å². The van der Waals surface area contributed by atoms with Crippen LogP contribution in [0.3, 0.4) is 0 Å². The average Bonchev–Trinajstić information content (AvgIpc) is 3.00. The van der Waals surface area contributed by atoms with E-state index in [-0.39, 0.29) is 0 Å². The molecule has 1 aromatic carbocycles. The fourth-order valence-corrected chi connectivity index (χ4v) is 4.07. The lowest BCUT2D eigenvalue weighted by molar-refractivity contribution is 0.786. The molecule has 116 valence electrons. The van der Waals surface area contributed by atoms with Crippen molar-refractivity contribution in [3.8, 4) is 11.3 Å². The van der Waals surface area contributed by atoms with Gasteiger partial charge in [0.15, 0.2) is 4.96 Å². The molecule has 0 unspecified atom stereocenters. The lowest BCUT2D eigenvalue weighted by Crippen LogP contribution is -2.08. The molecule has 0 fully saturated rings. The van der Waals surface area contributed by atoms with Crippen molar-refractivity contribution < 1.29 is 0 Å². The Hall–Kier alpha value is -1.65. The number of fused-ring (bicyclic) bond motifs is 1. The van der Waals surface area contributed by atoms with E-state index >= 15 is 0 Å². The van der Waals surface area contributed by atoms with E-state index in [0.717, 1.165) is 17.1 Å². The van der Waals surface area contributed by atoms with Gasteiger partial charge in [-0.15, -0.1) is 11.3 Å². The van der Waals surface area contributed by atoms with Gasteiger partial charge in [-0.1, -0.05) is 37.6 Å². The first kappa shape index (κ1) is 15.3. The number of hydrogen-bond donors (Lipinski definition) is 1. The van der Waals surface area contributed by atoms with E-state index in [2.05, 4.69) is 55.7 Å². The average molecular weight is 313 g/mol. The molecule has 2 aromatic heterocycles. The molecule has 0 radical (unpaired) electrons. The molecule has 0 atom stereocenters. The highest BCUT2D eigenvalue weighted by Gasteiger charge is 2.19. The number of imidazole rings is 1. The van der Waals surface area contributed by atoms with Gasteiger partial charge in [0.1, 0.15) is 0 Å². The van der Waals surface area contributed by atoms with Crippen LogP contribution in [0.25, 0.3) is 16.2 Å². The van der Waals surface area contributed by atoms with E-state index in [9.17, 15) is 0 Å². The summed E-state index contributed by atoms with van der Waals surface area (Å²) in [7, 11) is 0. The summed E-state index contributed by atoms with van der Waals surface area (Å²) in [6.07, 6.45) is 0.847. The number of benzene rings is 1. The minimum absolute atomic E-state index is 0.478. The zero-order chi connectivity index (χ0) is 15.9. The standard InChI is InChI=1S/C18H23N3S/c1-11(2)16-10-22-18-20-17(15(7-8-19)21(16)18)14-6-5-12(3)9-13(14)4/h5-6,9-11H,7-8,19H2,1-4H3. The van der Waals surface area contributed by atoms with Gasteiger partial charge in [-0.3, -0.25) is 4.40 Å². The van der Waals surface area contributed by atoms with E-state index in [1.807, 2.05) is 0 Å². The lowest BCUT2D eigenvalue weighted by atomic mass is 10.0. The molecule has 2 heterocycles. The molecule has 2 N–H and O–H groups in total. The van der Waals surface area contributed by atoms with Crippen LogP contribution in [0.4, 0.5) is 0 Å². The normalized spacial score (nSPS) is 11.7. The third kappa shape index (κ3) is 2.46. The monoisotopic (exact) mass is 313 g/mol. The maximum atomic E-state index is 5.88. The lowest BCUT2D eigenvalue weighted by Gasteiger charge is -2.10. The number of aromatic nitrogens is 2. The van der Waals surface area contributed by atoms with Gasteiger partial charge >= 0.3 is 0 Å². The molecule has 3 rings (SSSR count). The van der Waals surface area contributed by atoms with E-state index in [1.54, 1.807) is 11.3 Å². The Balaban J connectivity index is 2.27. The summed E-state index contributed by atoms with van der Waals surface area (Å²) < 4.78 is 2.32. The number of nitrogens with two attached hydrogens (primary N) is 1. The second-order valence-electron chi connectivity index (χ2n) is 6.20. The number of nitrogens with zero attached hydrogens (tertiary/aromatic N) is 2. The minimum Gasteiger partial charge on any atom is -0.330 e. The first-order valence-electron chi connectivity index (χ1n) is 7.79. The van der Waals surface area contributed by atoms with Crippen molar-refractivity contribution >= 4 is 16.3 Å². The van der Waals surface area contributed by atoms with E-state index in [1.165, 1.54) is 28.1 Å². The van der Waals surface area contributed by atoms with Crippen molar-refractivity contribution in [1.29, 1.82) is 0 Å². The maximum absolute atomic E-state index is 5.88. The van der Waals surface area contributed by atoms with Gasteiger partial charge in [0.2, 0.25) is 0 Å². The molecule has 0 bridgehead atoms. The highest BCUT2D eigenvalue weighted by atomic mass is 32.1. The number of rotatable bonds is 4. The predicted octanol–water partition coefficient (Wildman–Crippen LogP) is 4.30. The van der Waals surface area contributed by atoms with Crippen molar-refractivity contribution in [2.24, 2.45) is 5.73 Å². The molecule has 0 aliphatic heterocycles. The van der Waals surface area contributed by atoms with Crippen molar-refractivity contribution in [3.63, 3.8) is 0 Å². The van der Waals surface area contributed by atoms with Crippen LogP contribution in [0.15, 0.2) is 23.6 Å². The van der Waals surface area contributed by atoms with Crippen LogP contribution >= 0.6 is 11.3 Å². The molecule has 0 saturated carbocycles. The highest BCUT2D eigenvalue weighted by Crippen LogP contribution is 2.33. The van der Waals surface area contributed by atoms with E-state index in [0.29, 0.717) is 12.5 Å². The summed E-state index contributed by atoms with van der Waals surface area (Å²) in [5.41, 5.74) is 13.3. The topological polar surface area (TPSA) is 43.3 Å². The number of thiazole rings is 1. The number of aryl methyl sites for hydroxylation is 2. The SMILES string of the molecule is Cc1ccc(-c2nc3scc(C(C)C)n3c2CCN)c(C)c1. The van der Waals surface area contributed by atoms with Crippen LogP contribution in [-0.2, 0) is 6.42 Å². The van der Waals surface area contributed by atoms with Crippen molar-refractivity contribution in [3.05, 3.63) is 46.1 Å². The Morgan fingerprint density at radius 1 is 1.27 bits per heavy atom. The largest absolute Gasteiger partial charge is 0.330 e. The van der Waals surface area contributed by atoms with Crippen LogP contribution < -0.4 is 5.73 Å². The molecular formula is C18H23N3S. The fourth-order valence-electron chi connectivity index (χ4n) is 3.00. The fraction of sp³-hybridized carbons (Fsp3) is 0.389. The molecule has 0 aliphatic carbocycles. The highest BCUT2D eigenvalue weighted by molar-refractivity contribution is 7.15. The van der Waals surface area contributed by atoms with Crippen molar-refractivity contribution in [1.82, 2.24) is 9.38 Å². The minimum atomic E-state index is 0.478. The zero-order valence-corrected chi connectivity index (χ0v) is 14.5. The Morgan fingerprint density at radius 2 is 2.05 bits per heavy atom. The molecule has 0 spiro atoms. The van der Waals surface area contributed by atoms with Gasteiger partial charge in [0.25, 0.3) is 0 Å². The molecule has 0 saturated heterocycles. The van der Waals surface area contributed by atoms with Crippen LogP contribution in [-0.4, -0.2) is 15.9 Å². The second-order valence-corrected chi connectivity index (χ2v) is 7.03. The molecule has 0 aliphatic rings. The smallest absolute Gasteiger partial charge is 0.194 e. The van der Waals surface area contributed by atoms with Gasteiger partial charge in [-0.25, -0.2) is 4.98 Å². The van der Waals surface area contributed by atoms with E-state index in [4.69, 9.17) is 10.7 Å². The molecule has 4 heteroatoms. The summed E-state index contributed by atoms with van der Waals surface area (Å²) in [4.78, 5) is 5.99. The molecule has 22 heavy (non-hydrogen) atoms. The summed E-state index contributed by atoms with van der Waals surface area (Å²) in [6, 6.07) is 6.57. The molecule has 3 nitrogen and oxygen atoms in total. The van der Waals surface area contributed by atoms with Gasteiger partial charge in [-0.2, -0.15) is 0 Å². The first-order valence-corrected chi connectivity index (χ1v) is 8.67. The van der Waals surface area contributed by atoms with Crippen LogP contribution in [0.5, 0.6) is 0 Å². The number of hydrogen-bond acceptors (Lipinski definition) is 3. The maximum Gasteiger partial charge on any atom is 0.194 e. The van der Waals surface area contributed by atoms with Gasteiger partial charge < -0.3 is 5.73 Å². The van der Waals surface area contributed by atoms with Gasteiger partial charge in [-0.05, 0) is 31.9 Å². The van der Waals surface area contributed by atoms with Gasteiger partial charge in [0.05, 0.1) is 11.4 Å². The molecular weight excluding hydrogens is 290 g/mol. The Bertz CT molecular complexity index is 811. The molecule has 3 aromatic rings. The Kier molecular flexibility index (Phi) is 4.06. The second kappa shape index (κ2) is 5.86. The summed E-state index contributed by atoms with van der Waals surface area (Å²) in [5, 5.41) is 2.22. The first-order chi connectivity index (χ1) is 10.5. The summed E-state index contributed by atoms with van der Waals surface area (Å²) >= 11 is 1.72. The molecule has 0 amide bonds. The van der Waals surface area contributed by atoms with E-state index < -0.39 is 0 Å². The summed E-state index contributed by atoms with van der Waals surface area (Å²) in [6.45, 7) is 9.37. The third-order valence-electron chi connectivity index (χ3n) is 4.09. The quantitative estimate of drug-likeness (QED) is 0.780. The van der Waals surface area contributed by atoms with Crippen molar-refractivity contribution in [2.45, 2.75) is 40.0 Å². The van der Waals surface area contributed by atoms with Crippen molar-refractivity contribution in [2.75, 3.05) is 6.54 Å².